The largest absolute Gasteiger partial charge is 0.466 e. The molecule has 0 aromatic carbocycles. The molecule has 96 valence electrons. The van der Waals surface area contributed by atoms with Gasteiger partial charge in [0.05, 0.1) is 13.0 Å². The molecule has 0 saturated carbocycles. The normalized spacial score (nSPS) is 12.4. The molecule has 0 aliphatic carbocycles. The lowest BCUT2D eigenvalue weighted by molar-refractivity contribution is -0.143. The van der Waals surface area contributed by atoms with E-state index in [9.17, 15) is 4.79 Å². The highest BCUT2D eigenvalue weighted by atomic mass is 32.1. The van der Waals surface area contributed by atoms with Crippen LogP contribution < -0.4 is 5.32 Å². The van der Waals surface area contributed by atoms with Crippen molar-refractivity contribution < 1.29 is 9.53 Å². The quantitative estimate of drug-likeness (QED) is 0.761. The van der Waals surface area contributed by atoms with Gasteiger partial charge in [-0.3, -0.25) is 4.79 Å². The zero-order valence-electron chi connectivity index (χ0n) is 10.8. The summed E-state index contributed by atoms with van der Waals surface area (Å²) in [4.78, 5) is 12.6. The molecule has 1 rings (SSSR count). The molecule has 4 heteroatoms. The number of esters is 1. The monoisotopic (exact) mass is 255 g/mol. The van der Waals surface area contributed by atoms with E-state index in [4.69, 9.17) is 4.74 Å². The van der Waals surface area contributed by atoms with Crippen molar-refractivity contribution in [3.05, 3.63) is 21.9 Å². The van der Waals surface area contributed by atoms with Gasteiger partial charge >= 0.3 is 5.97 Å². The van der Waals surface area contributed by atoms with Crippen LogP contribution in [0.15, 0.2) is 11.4 Å². The lowest BCUT2D eigenvalue weighted by Gasteiger charge is -2.12. The molecule has 0 bridgehead atoms. The van der Waals surface area contributed by atoms with Crippen LogP contribution in [-0.4, -0.2) is 18.6 Å². The van der Waals surface area contributed by atoms with Gasteiger partial charge in [-0.2, -0.15) is 0 Å². The number of carbonyl (C=O) groups is 1. The summed E-state index contributed by atoms with van der Waals surface area (Å²) in [7, 11) is 0. The summed E-state index contributed by atoms with van der Waals surface area (Å²) in [5.74, 6) is -0.130. The van der Waals surface area contributed by atoms with Crippen LogP contribution >= 0.6 is 11.3 Å². The Hall–Kier alpha value is -0.870. The van der Waals surface area contributed by atoms with Crippen LogP contribution in [0.1, 0.15) is 37.6 Å². The molecule has 1 unspecified atom stereocenters. The SMILES string of the molecule is CCOC(=O)CC(C)NCc1sccc1CC. The molecule has 1 atom stereocenters. The molecule has 0 amide bonds. The summed E-state index contributed by atoms with van der Waals surface area (Å²) in [5.41, 5.74) is 1.39. The number of nitrogens with one attached hydrogen (secondary N) is 1. The summed E-state index contributed by atoms with van der Waals surface area (Å²) >= 11 is 1.77. The number of rotatable bonds is 7. The first-order chi connectivity index (χ1) is 8.17. The molecular weight excluding hydrogens is 234 g/mol. The number of carbonyl (C=O) groups excluding carboxylic acids is 1. The van der Waals surface area contributed by atoms with Crippen LogP contribution in [0, 0.1) is 0 Å². The highest BCUT2D eigenvalue weighted by Gasteiger charge is 2.10. The van der Waals surface area contributed by atoms with Crippen molar-refractivity contribution in [3.63, 3.8) is 0 Å². The zero-order valence-corrected chi connectivity index (χ0v) is 11.6. The van der Waals surface area contributed by atoms with Crippen molar-refractivity contribution in [2.75, 3.05) is 6.61 Å². The highest BCUT2D eigenvalue weighted by molar-refractivity contribution is 7.10. The minimum absolute atomic E-state index is 0.130. The minimum Gasteiger partial charge on any atom is -0.466 e. The van der Waals surface area contributed by atoms with Gasteiger partial charge in [-0.15, -0.1) is 11.3 Å². The number of hydrogen-bond donors (Lipinski definition) is 1. The molecule has 0 fully saturated rings. The Balaban J connectivity index is 2.33. The van der Waals surface area contributed by atoms with Crippen molar-refractivity contribution in [3.8, 4) is 0 Å². The second-order valence-corrected chi connectivity index (χ2v) is 5.01. The van der Waals surface area contributed by atoms with E-state index < -0.39 is 0 Å². The standard InChI is InChI=1S/C13H21NO2S/c1-4-11-6-7-17-12(11)9-14-10(3)8-13(15)16-5-2/h6-7,10,14H,4-5,8-9H2,1-3H3. The Kier molecular flexibility index (Phi) is 6.22. The number of thiophene rings is 1. The van der Waals surface area contributed by atoms with Crippen molar-refractivity contribution in [1.29, 1.82) is 0 Å². The van der Waals surface area contributed by atoms with Gasteiger partial charge < -0.3 is 10.1 Å². The average molecular weight is 255 g/mol. The Labute approximate surface area is 107 Å². The highest BCUT2D eigenvalue weighted by Crippen LogP contribution is 2.17. The van der Waals surface area contributed by atoms with Gasteiger partial charge in [0.15, 0.2) is 0 Å². The summed E-state index contributed by atoms with van der Waals surface area (Å²) in [5, 5.41) is 5.48. The fourth-order valence-electron chi connectivity index (χ4n) is 1.65. The Morgan fingerprint density at radius 1 is 1.53 bits per heavy atom. The zero-order chi connectivity index (χ0) is 12.7. The summed E-state index contributed by atoms with van der Waals surface area (Å²) in [6, 6.07) is 2.32. The van der Waals surface area contributed by atoms with Gasteiger partial charge in [0.2, 0.25) is 0 Å². The van der Waals surface area contributed by atoms with Gasteiger partial charge in [-0.05, 0) is 37.3 Å². The smallest absolute Gasteiger partial charge is 0.307 e. The maximum atomic E-state index is 11.3. The van der Waals surface area contributed by atoms with Crippen LogP contribution in [0.3, 0.4) is 0 Å². The predicted molar refractivity (Wildman–Crippen MR) is 71.2 cm³/mol. The van der Waals surface area contributed by atoms with E-state index in [1.54, 1.807) is 11.3 Å². The van der Waals surface area contributed by atoms with Crippen LogP contribution in [0.5, 0.6) is 0 Å². The molecule has 17 heavy (non-hydrogen) atoms. The first kappa shape index (κ1) is 14.2. The number of aryl methyl sites for hydroxylation is 1. The fraction of sp³-hybridized carbons (Fsp3) is 0.615. The lowest BCUT2D eigenvalue weighted by Crippen LogP contribution is -2.28. The third-order valence-electron chi connectivity index (χ3n) is 2.61. The molecule has 3 nitrogen and oxygen atoms in total. The van der Waals surface area contributed by atoms with E-state index in [-0.39, 0.29) is 12.0 Å². The molecular formula is C13H21NO2S. The van der Waals surface area contributed by atoms with Crippen molar-refractivity contribution in [1.82, 2.24) is 5.32 Å². The van der Waals surface area contributed by atoms with Gasteiger partial charge in [0.25, 0.3) is 0 Å². The minimum atomic E-state index is -0.130. The summed E-state index contributed by atoms with van der Waals surface area (Å²) in [6.45, 7) is 7.29. The van der Waals surface area contributed by atoms with E-state index in [2.05, 4.69) is 23.7 Å². The molecule has 1 heterocycles. The summed E-state index contributed by atoms with van der Waals surface area (Å²) < 4.78 is 4.92. The summed E-state index contributed by atoms with van der Waals surface area (Å²) in [6.07, 6.45) is 1.49. The van der Waals surface area contributed by atoms with Crippen molar-refractivity contribution in [2.45, 2.75) is 46.2 Å². The first-order valence-corrected chi connectivity index (χ1v) is 6.99. The van der Waals surface area contributed by atoms with Gasteiger partial charge in [0, 0.05) is 17.5 Å². The molecule has 0 aliphatic rings. The maximum Gasteiger partial charge on any atom is 0.307 e. The van der Waals surface area contributed by atoms with E-state index in [1.165, 1.54) is 10.4 Å². The van der Waals surface area contributed by atoms with E-state index in [1.807, 2.05) is 13.8 Å². The van der Waals surface area contributed by atoms with E-state index in [0.29, 0.717) is 13.0 Å². The van der Waals surface area contributed by atoms with Crippen LogP contribution in [0.4, 0.5) is 0 Å². The molecule has 0 spiro atoms. The lowest BCUT2D eigenvalue weighted by atomic mass is 10.2. The first-order valence-electron chi connectivity index (χ1n) is 6.11. The molecule has 0 saturated heterocycles. The topological polar surface area (TPSA) is 38.3 Å². The van der Waals surface area contributed by atoms with Crippen molar-refractivity contribution >= 4 is 17.3 Å². The maximum absolute atomic E-state index is 11.3. The molecule has 1 aromatic rings. The van der Waals surface area contributed by atoms with Crippen molar-refractivity contribution in [2.24, 2.45) is 0 Å². The van der Waals surface area contributed by atoms with Gasteiger partial charge in [-0.1, -0.05) is 6.92 Å². The Morgan fingerprint density at radius 2 is 2.29 bits per heavy atom. The second-order valence-electron chi connectivity index (χ2n) is 4.01. The molecule has 1 N–H and O–H groups in total. The fourth-order valence-corrected chi connectivity index (χ4v) is 2.57. The van der Waals surface area contributed by atoms with Gasteiger partial charge in [-0.25, -0.2) is 0 Å². The molecule has 0 aliphatic heterocycles. The van der Waals surface area contributed by atoms with Crippen LogP contribution in [0.2, 0.25) is 0 Å². The average Bonchev–Trinajstić information content (AvgIpc) is 2.73. The Bertz CT molecular complexity index is 349. The van der Waals surface area contributed by atoms with Crippen LogP contribution in [0.25, 0.3) is 0 Å². The van der Waals surface area contributed by atoms with Gasteiger partial charge in [0.1, 0.15) is 0 Å². The second kappa shape index (κ2) is 7.45. The Morgan fingerprint density at radius 3 is 2.94 bits per heavy atom. The third kappa shape index (κ3) is 4.88. The third-order valence-corrected chi connectivity index (χ3v) is 3.57. The number of hydrogen-bond acceptors (Lipinski definition) is 4. The van der Waals surface area contributed by atoms with E-state index in [0.717, 1.165) is 13.0 Å². The number of ether oxygens (including phenoxy) is 1. The molecule has 1 aromatic heterocycles. The van der Waals surface area contributed by atoms with Crippen LogP contribution in [-0.2, 0) is 22.5 Å². The van der Waals surface area contributed by atoms with E-state index >= 15 is 0 Å². The molecule has 0 radical (unpaired) electrons. The predicted octanol–water partition coefficient (Wildman–Crippen LogP) is 2.74.